The molecule has 0 spiro atoms. The van der Waals surface area contributed by atoms with Gasteiger partial charge in [-0.15, -0.1) is 0 Å². The Morgan fingerprint density at radius 2 is 2.00 bits per heavy atom. The van der Waals surface area contributed by atoms with Gasteiger partial charge in [0.05, 0.1) is 25.0 Å². The number of hydrogen-bond acceptors (Lipinski definition) is 6. The Balaban J connectivity index is 1.30. The van der Waals surface area contributed by atoms with Crippen LogP contribution in [-0.2, 0) is 0 Å². The number of nitrogens with zero attached hydrogens (tertiary/aromatic N) is 5. The van der Waals surface area contributed by atoms with Gasteiger partial charge in [-0.1, -0.05) is 23.8 Å². The zero-order chi connectivity index (χ0) is 22.9. The summed E-state index contributed by atoms with van der Waals surface area (Å²) in [5, 5.41) is 17.5. The molecule has 4 heterocycles. The van der Waals surface area contributed by atoms with E-state index >= 15 is 0 Å². The summed E-state index contributed by atoms with van der Waals surface area (Å²) >= 11 is 0. The van der Waals surface area contributed by atoms with Crippen molar-refractivity contribution < 1.29 is 5.11 Å². The van der Waals surface area contributed by atoms with Crippen molar-refractivity contribution in [3.05, 3.63) is 53.3 Å². The Morgan fingerprint density at radius 1 is 1.15 bits per heavy atom. The van der Waals surface area contributed by atoms with E-state index in [1.807, 2.05) is 16.8 Å². The Hall–Kier alpha value is -2.64. The minimum absolute atomic E-state index is 0.149. The average Bonchev–Trinajstić information content (AvgIpc) is 3.22. The molecule has 2 saturated heterocycles. The Bertz CT molecular complexity index is 1100. The number of anilines is 2. The van der Waals surface area contributed by atoms with Gasteiger partial charge in [-0.25, -0.2) is 9.50 Å². The number of fused-ring (bicyclic) bond motifs is 1. The Morgan fingerprint density at radius 3 is 2.79 bits per heavy atom. The molecule has 0 bridgehead atoms. The highest BCUT2D eigenvalue weighted by Gasteiger charge is 2.36. The zero-order valence-corrected chi connectivity index (χ0v) is 20.0. The molecule has 0 saturated carbocycles. The predicted molar refractivity (Wildman–Crippen MR) is 133 cm³/mol. The van der Waals surface area contributed by atoms with Crippen LogP contribution in [0, 0.1) is 25.7 Å². The van der Waals surface area contributed by atoms with Crippen molar-refractivity contribution in [2.45, 2.75) is 39.7 Å². The van der Waals surface area contributed by atoms with Crippen LogP contribution in [0.5, 0.6) is 0 Å². The van der Waals surface area contributed by atoms with E-state index in [0.717, 1.165) is 55.8 Å². The molecule has 2 aromatic heterocycles. The lowest BCUT2D eigenvalue weighted by Gasteiger charge is -2.47. The van der Waals surface area contributed by atoms with E-state index in [0.29, 0.717) is 5.92 Å². The van der Waals surface area contributed by atoms with Crippen LogP contribution < -0.4 is 10.2 Å². The maximum Gasteiger partial charge on any atom is 0.155 e. The van der Waals surface area contributed by atoms with Gasteiger partial charge in [-0.3, -0.25) is 0 Å². The number of β-amino-alcohol motifs (C(OH)–C–C–N with tert-alkyl or cyclic N) is 1. The lowest BCUT2D eigenvalue weighted by atomic mass is 9.80. The molecule has 33 heavy (non-hydrogen) atoms. The standard InChI is InChI=1S/C26H36N6O/c1-18-6-7-23(19(2)13-18)20(3)28-26-24-8-9-27-32(24)17-25(29-26)31-15-22(16-31)21-5-4-10-30(14-21)11-12-33/h6-9,13,17,20-22,33H,4-5,10-12,14-16H2,1-3H3,(H,28,29)/t20-,21+/m1/s1. The van der Waals surface area contributed by atoms with E-state index < -0.39 is 0 Å². The lowest BCUT2D eigenvalue weighted by molar-refractivity contribution is 0.101. The quantitative estimate of drug-likeness (QED) is 0.575. The van der Waals surface area contributed by atoms with Crippen molar-refractivity contribution in [2.24, 2.45) is 11.8 Å². The maximum absolute atomic E-state index is 9.29. The van der Waals surface area contributed by atoms with Crippen LogP contribution in [0.1, 0.15) is 42.5 Å². The molecule has 3 aromatic rings. The van der Waals surface area contributed by atoms with E-state index in [9.17, 15) is 5.11 Å². The second-order valence-corrected chi connectivity index (χ2v) is 9.93. The predicted octanol–water partition coefficient (Wildman–Crippen LogP) is 3.66. The minimum atomic E-state index is 0.149. The molecule has 2 fully saturated rings. The van der Waals surface area contributed by atoms with Crippen molar-refractivity contribution in [3.8, 4) is 0 Å². The third-order valence-electron chi connectivity index (χ3n) is 7.48. The first-order valence-corrected chi connectivity index (χ1v) is 12.3. The van der Waals surface area contributed by atoms with Gasteiger partial charge in [0.15, 0.2) is 5.82 Å². The number of nitrogens with one attached hydrogen (secondary N) is 1. The molecule has 0 amide bonds. The summed E-state index contributed by atoms with van der Waals surface area (Å²) in [6.07, 6.45) is 6.43. The SMILES string of the molecule is Cc1ccc([C@@H](C)Nc2nc(N3CC([C@H]4CCCN(CCO)C4)C3)cn3nccc23)c(C)c1. The summed E-state index contributed by atoms with van der Waals surface area (Å²) in [4.78, 5) is 9.84. The van der Waals surface area contributed by atoms with Crippen LogP contribution in [0.3, 0.4) is 0 Å². The smallest absolute Gasteiger partial charge is 0.155 e. The van der Waals surface area contributed by atoms with Crippen LogP contribution >= 0.6 is 0 Å². The van der Waals surface area contributed by atoms with Gasteiger partial charge < -0.3 is 20.2 Å². The third kappa shape index (κ3) is 4.57. The molecule has 2 aliphatic heterocycles. The molecule has 7 nitrogen and oxygen atoms in total. The zero-order valence-electron chi connectivity index (χ0n) is 20.0. The molecule has 0 radical (unpaired) electrons. The minimum Gasteiger partial charge on any atom is -0.395 e. The Kier molecular flexibility index (Phi) is 6.25. The molecule has 5 rings (SSSR count). The van der Waals surface area contributed by atoms with Gasteiger partial charge in [0.1, 0.15) is 11.3 Å². The number of aliphatic hydroxyl groups excluding tert-OH is 1. The number of aromatic nitrogens is 3. The molecule has 0 unspecified atom stereocenters. The van der Waals surface area contributed by atoms with Gasteiger partial charge in [-0.05, 0) is 69.2 Å². The van der Waals surface area contributed by atoms with Crippen molar-refractivity contribution in [3.63, 3.8) is 0 Å². The summed E-state index contributed by atoms with van der Waals surface area (Å²) < 4.78 is 1.94. The van der Waals surface area contributed by atoms with Crippen LogP contribution in [-0.4, -0.2) is 63.9 Å². The maximum atomic E-state index is 9.29. The number of aliphatic hydroxyl groups is 1. The van der Waals surface area contributed by atoms with E-state index in [1.54, 1.807) is 0 Å². The number of rotatable bonds is 7. The van der Waals surface area contributed by atoms with Gasteiger partial charge in [0, 0.05) is 26.2 Å². The fourth-order valence-corrected chi connectivity index (χ4v) is 5.59. The average molecular weight is 449 g/mol. The first kappa shape index (κ1) is 22.2. The summed E-state index contributed by atoms with van der Waals surface area (Å²) in [6, 6.07) is 8.79. The number of hydrogen-bond donors (Lipinski definition) is 2. The van der Waals surface area contributed by atoms with Gasteiger partial charge in [0.2, 0.25) is 0 Å². The van der Waals surface area contributed by atoms with Crippen molar-refractivity contribution in [1.29, 1.82) is 0 Å². The van der Waals surface area contributed by atoms with Crippen molar-refractivity contribution >= 4 is 17.2 Å². The van der Waals surface area contributed by atoms with E-state index in [1.165, 1.54) is 29.5 Å². The molecule has 1 aromatic carbocycles. The molecule has 176 valence electrons. The van der Waals surface area contributed by atoms with Crippen LogP contribution in [0.25, 0.3) is 5.52 Å². The van der Waals surface area contributed by atoms with Gasteiger partial charge in [-0.2, -0.15) is 5.10 Å². The van der Waals surface area contributed by atoms with E-state index in [4.69, 9.17) is 4.98 Å². The second kappa shape index (κ2) is 9.31. The highest BCUT2D eigenvalue weighted by molar-refractivity contribution is 5.70. The topological polar surface area (TPSA) is 68.9 Å². The summed E-state index contributed by atoms with van der Waals surface area (Å²) in [6.45, 7) is 11.9. The summed E-state index contributed by atoms with van der Waals surface area (Å²) in [5.74, 6) is 3.29. The highest BCUT2D eigenvalue weighted by Crippen LogP contribution is 2.34. The molecule has 2 N–H and O–H groups in total. The molecule has 0 aliphatic carbocycles. The number of piperidine rings is 1. The molecule has 2 aliphatic rings. The van der Waals surface area contributed by atoms with Crippen molar-refractivity contribution in [1.82, 2.24) is 19.5 Å². The Labute approximate surface area is 196 Å². The monoisotopic (exact) mass is 448 g/mol. The number of likely N-dealkylation sites (tertiary alicyclic amines) is 1. The molecule has 2 atom stereocenters. The molecule has 7 heteroatoms. The van der Waals surface area contributed by atoms with Gasteiger partial charge >= 0.3 is 0 Å². The third-order valence-corrected chi connectivity index (χ3v) is 7.48. The van der Waals surface area contributed by atoms with Crippen LogP contribution in [0.15, 0.2) is 36.7 Å². The number of benzene rings is 1. The van der Waals surface area contributed by atoms with Crippen LogP contribution in [0.4, 0.5) is 11.6 Å². The lowest BCUT2D eigenvalue weighted by Crippen LogP contribution is -2.54. The fraction of sp³-hybridized carbons (Fsp3) is 0.538. The largest absolute Gasteiger partial charge is 0.395 e. The first-order chi connectivity index (χ1) is 16.0. The van der Waals surface area contributed by atoms with Crippen molar-refractivity contribution in [2.75, 3.05) is 49.5 Å². The molecular weight excluding hydrogens is 412 g/mol. The molecular formula is C26H36N6O. The van der Waals surface area contributed by atoms with E-state index in [2.05, 4.69) is 65.4 Å². The number of aryl methyl sites for hydroxylation is 2. The second-order valence-electron chi connectivity index (χ2n) is 9.93. The summed E-state index contributed by atoms with van der Waals surface area (Å²) in [7, 11) is 0. The highest BCUT2D eigenvalue weighted by atomic mass is 16.3. The van der Waals surface area contributed by atoms with Crippen LogP contribution in [0.2, 0.25) is 0 Å². The van der Waals surface area contributed by atoms with E-state index in [-0.39, 0.29) is 12.6 Å². The summed E-state index contributed by atoms with van der Waals surface area (Å²) in [5.41, 5.74) is 4.87. The first-order valence-electron chi connectivity index (χ1n) is 12.3. The fourth-order valence-electron chi connectivity index (χ4n) is 5.59. The normalized spacial score (nSPS) is 20.7. The van der Waals surface area contributed by atoms with Gasteiger partial charge in [0.25, 0.3) is 0 Å².